The lowest BCUT2D eigenvalue weighted by molar-refractivity contribution is 0.350. The first kappa shape index (κ1) is 16.8. The molecule has 0 heterocycles. The van der Waals surface area contributed by atoms with Gasteiger partial charge in [0, 0.05) is 6.04 Å². The largest absolute Gasteiger partial charge is 0.493 e. The molecule has 0 radical (unpaired) electrons. The van der Waals surface area contributed by atoms with E-state index in [4.69, 9.17) is 9.47 Å². The number of ether oxygens (including phenoxy) is 2. The zero-order valence-corrected chi connectivity index (χ0v) is 13.5. The molecule has 2 unspecified atom stereocenters. The molecular weight excluding hydrogens is 250 g/mol. The Balaban J connectivity index is 2.81. The average Bonchev–Trinajstić information content (AvgIpc) is 2.50. The summed E-state index contributed by atoms with van der Waals surface area (Å²) >= 11 is 0. The van der Waals surface area contributed by atoms with Crippen molar-refractivity contribution in [1.29, 1.82) is 0 Å². The third kappa shape index (κ3) is 4.71. The first-order valence-electron chi connectivity index (χ1n) is 7.60. The second-order valence-corrected chi connectivity index (χ2v) is 5.34. The fourth-order valence-electron chi connectivity index (χ4n) is 2.35. The van der Waals surface area contributed by atoms with Crippen LogP contribution in [-0.4, -0.2) is 26.8 Å². The van der Waals surface area contributed by atoms with Crippen LogP contribution in [0.2, 0.25) is 0 Å². The summed E-state index contributed by atoms with van der Waals surface area (Å²) in [5, 5.41) is 3.66. The standard InChI is InChI=1S/C17H29NO2/c1-6-10-18-15(13(3)7-2)11-14-8-9-16(19-4)17(12-14)20-5/h8-9,12-13,15,18H,6-7,10-11H2,1-5H3. The Morgan fingerprint density at radius 1 is 1.10 bits per heavy atom. The highest BCUT2D eigenvalue weighted by Gasteiger charge is 2.16. The van der Waals surface area contributed by atoms with E-state index in [1.54, 1.807) is 14.2 Å². The van der Waals surface area contributed by atoms with E-state index in [1.165, 1.54) is 18.4 Å². The lowest BCUT2D eigenvalue weighted by Crippen LogP contribution is -2.37. The monoisotopic (exact) mass is 279 g/mol. The molecule has 1 rings (SSSR count). The van der Waals surface area contributed by atoms with Crippen LogP contribution in [0.5, 0.6) is 11.5 Å². The van der Waals surface area contributed by atoms with Gasteiger partial charge in [-0.2, -0.15) is 0 Å². The van der Waals surface area contributed by atoms with Gasteiger partial charge in [0.1, 0.15) is 0 Å². The van der Waals surface area contributed by atoms with Crippen molar-refractivity contribution in [3.63, 3.8) is 0 Å². The van der Waals surface area contributed by atoms with Crippen molar-refractivity contribution in [2.75, 3.05) is 20.8 Å². The third-order valence-corrected chi connectivity index (χ3v) is 3.89. The van der Waals surface area contributed by atoms with Gasteiger partial charge < -0.3 is 14.8 Å². The minimum absolute atomic E-state index is 0.512. The smallest absolute Gasteiger partial charge is 0.160 e. The minimum atomic E-state index is 0.512. The van der Waals surface area contributed by atoms with Crippen LogP contribution in [0.4, 0.5) is 0 Å². The molecule has 3 nitrogen and oxygen atoms in total. The molecular formula is C17H29NO2. The van der Waals surface area contributed by atoms with Crippen LogP contribution in [0.3, 0.4) is 0 Å². The van der Waals surface area contributed by atoms with Crippen molar-refractivity contribution in [2.45, 2.75) is 46.1 Å². The number of methoxy groups -OCH3 is 2. The van der Waals surface area contributed by atoms with E-state index >= 15 is 0 Å². The van der Waals surface area contributed by atoms with Crippen LogP contribution in [0.15, 0.2) is 18.2 Å². The van der Waals surface area contributed by atoms with Gasteiger partial charge in [-0.05, 0) is 43.0 Å². The van der Waals surface area contributed by atoms with Gasteiger partial charge in [-0.25, -0.2) is 0 Å². The van der Waals surface area contributed by atoms with Crippen LogP contribution < -0.4 is 14.8 Å². The summed E-state index contributed by atoms with van der Waals surface area (Å²) in [4.78, 5) is 0. The van der Waals surface area contributed by atoms with E-state index in [1.807, 2.05) is 6.07 Å². The maximum Gasteiger partial charge on any atom is 0.160 e. The van der Waals surface area contributed by atoms with E-state index in [-0.39, 0.29) is 0 Å². The molecule has 0 fully saturated rings. The van der Waals surface area contributed by atoms with Crippen LogP contribution in [0, 0.1) is 5.92 Å². The van der Waals surface area contributed by atoms with Crippen molar-refractivity contribution in [3.05, 3.63) is 23.8 Å². The third-order valence-electron chi connectivity index (χ3n) is 3.89. The molecule has 114 valence electrons. The van der Waals surface area contributed by atoms with E-state index in [2.05, 4.69) is 38.2 Å². The predicted octanol–water partition coefficient (Wildman–Crippen LogP) is 3.66. The molecule has 0 aliphatic carbocycles. The van der Waals surface area contributed by atoms with Gasteiger partial charge in [-0.3, -0.25) is 0 Å². The number of rotatable bonds is 9. The highest BCUT2D eigenvalue weighted by molar-refractivity contribution is 5.43. The second kappa shape index (κ2) is 8.85. The molecule has 0 amide bonds. The number of hydrogen-bond donors (Lipinski definition) is 1. The highest BCUT2D eigenvalue weighted by atomic mass is 16.5. The summed E-state index contributed by atoms with van der Waals surface area (Å²) < 4.78 is 10.7. The molecule has 1 aromatic carbocycles. The molecule has 0 saturated heterocycles. The number of hydrogen-bond acceptors (Lipinski definition) is 3. The average molecular weight is 279 g/mol. The molecule has 0 spiro atoms. The molecule has 2 atom stereocenters. The molecule has 3 heteroatoms. The predicted molar refractivity (Wildman–Crippen MR) is 84.8 cm³/mol. The fraction of sp³-hybridized carbons (Fsp3) is 0.647. The van der Waals surface area contributed by atoms with Crippen molar-refractivity contribution >= 4 is 0 Å². The Kier molecular flexibility index (Phi) is 7.45. The highest BCUT2D eigenvalue weighted by Crippen LogP contribution is 2.28. The Bertz CT molecular complexity index is 393. The Labute approximate surface area is 123 Å². The first-order chi connectivity index (χ1) is 9.65. The molecule has 0 aliphatic rings. The minimum Gasteiger partial charge on any atom is -0.493 e. The summed E-state index contributed by atoms with van der Waals surface area (Å²) in [5.41, 5.74) is 1.29. The van der Waals surface area contributed by atoms with Crippen LogP contribution in [-0.2, 0) is 6.42 Å². The zero-order chi connectivity index (χ0) is 15.0. The molecule has 0 aliphatic heterocycles. The topological polar surface area (TPSA) is 30.5 Å². The number of nitrogens with one attached hydrogen (secondary N) is 1. The molecule has 1 N–H and O–H groups in total. The normalized spacial score (nSPS) is 13.8. The van der Waals surface area contributed by atoms with Gasteiger partial charge in [0.2, 0.25) is 0 Å². The van der Waals surface area contributed by atoms with Gasteiger partial charge in [0.15, 0.2) is 11.5 Å². The van der Waals surface area contributed by atoms with E-state index in [0.717, 1.165) is 24.5 Å². The van der Waals surface area contributed by atoms with Crippen molar-refractivity contribution in [2.24, 2.45) is 5.92 Å². The Morgan fingerprint density at radius 3 is 2.35 bits per heavy atom. The van der Waals surface area contributed by atoms with E-state index in [0.29, 0.717) is 12.0 Å². The van der Waals surface area contributed by atoms with E-state index in [9.17, 15) is 0 Å². The van der Waals surface area contributed by atoms with Gasteiger partial charge in [0.05, 0.1) is 14.2 Å². The molecule has 0 saturated carbocycles. The van der Waals surface area contributed by atoms with Crippen molar-refractivity contribution in [1.82, 2.24) is 5.32 Å². The number of benzene rings is 1. The Morgan fingerprint density at radius 2 is 1.80 bits per heavy atom. The van der Waals surface area contributed by atoms with Gasteiger partial charge in [-0.15, -0.1) is 0 Å². The van der Waals surface area contributed by atoms with Crippen molar-refractivity contribution < 1.29 is 9.47 Å². The lowest BCUT2D eigenvalue weighted by Gasteiger charge is -2.25. The van der Waals surface area contributed by atoms with Crippen molar-refractivity contribution in [3.8, 4) is 11.5 Å². The molecule has 20 heavy (non-hydrogen) atoms. The van der Waals surface area contributed by atoms with Crippen LogP contribution >= 0.6 is 0 Å². The summed E-state index contributed by atoms with van der Waals surface area (Å²) in [6, 6.07) is 6.71. The van der Waals surface area contributed by atoms with E-state index < -0.39 is 0 Å². The van der Waals surface area contributed by atoms with Crippen LogP contribution in [0.1, 0.15) is 39.2 Å². The van der Waals surface area contributed by atoms with Gasteiger partial charge >= 0.3 is 0 Å². The first-order valence-corrected chi connectivity index (χ1v) is 7.60. The Hall–Kier alpha value is -1.22. The summed E-state index contributed by atoms with van der Waals surface area (Å²) in [6.45, 7) is 7.84. The summed E-state index contributed by atoms with van der Waals surface area (Å²) in [5.74, 6) is 2.26. The quantitative estimate of drug-likeness (QED) is 0.748. The second-order valence-electron chi connectivity index (χ2n) is 5.34. The lowest BCUT2D eigenvalue weighted by atomic mass is 9.92. The summed E-state index contributed by atoms with van der Waals surface area (Å²) in [6.07, 6.45) is 3.38. The maximum absolute atomic E-state index is 5.38. The van der Waals surface area contributed by atoms with Crippen LogP contribution in [0.25, 0.3) is 0 Å². The van der Waals surface area contributed by atoms with Gasteiger partial charge in [0.25, 0.3) is 0 Å². The zero-order valence-electron chi connectivity index (χ0n) is 13.5. The molecule has 0 aromatic heterocycles. The molecule has 1 aromatic rings. The summed E-state index contributed by atoms with van der Waals surface area (Å²) in [7, 11) is 3.35. The SMILES string of the molecule is CCCNC(Cc1ccc(OC)c(OC)c1)C(C)CC. The molecule has 0 bridgehead atoms. The maximum atomic E-state index is 5.38. The van der Waals surface area contributed by atoms with Gasteiger partial charge in [-0.1, -0.05) is 33.3 Å². The fourth-order valence-corrected chi connectivity index (χ4v) is 2.35.